The largest absolute Gasteiger partial charge is 0.383 e. The van der Waals surface area contributed by atoms with Crippen molar-refractivity contribution < 1.29 is 23.0 Å². The Kier molecular flexibility index (Phi) is 21.3. The van der Waals surface area contributed by atoms with Crippen molar-refractivity contribution in [2.75, 3.05) is 18.0 Å². The number of anilines is 2. The van der Waals surface area contributed by atoms with Gasteiger partial charge in [-0.2, -0.15) is 14.9 Å². The molecule has 0 amide bonds. The zero-order valence-corrected chi connectivity index (χ0v) is 52.8. The minimum absolute atomic E-state index is 0.00280. The van der Waals surface area contributed by atoms with Crippen LogP contribution >= 0.6 is 34.8 Å². The maximum atomic E-state index is 13.3. The number of nitrogens with two attached hydrogens (primary N) is 3. The number of rotatable bonds is 14. The lowest BCUT2D eigenvalue weighted by Crippen LogP contribution is -2.23. The molecule has 4 aromatic heterocycles. The smallest absolute Gasteiger partial charge is 0.269 e. The molecular weight excluding hydrogens is 1300 g/mol. The van der Waals surface area contributed by atoms with Gasteiger partial charge in [0.25, 0.3) is 22.5 Å². The third kappa shape index (κ3) is 16.6. The first-order chi connectivity index (χ1) is 46.2. The highest BCUT2D eigenvalue weighted by atomic mass is 35.5. The first kappa shape index (κ1) is 67.3. The van der Waals surface area contributed by atoms with Crippen LogP contribution in [0.25, 0.3) is 45.0 Å². The zero-order valence-electron chi connectivity index (χ0n) is 50.5. The molecule has 0 saturated heterocycles. The average molecular weight is 1360 g/mol. The quantitative estimate of drug-likeness (QED) is 0.0219. The Morgan fingerprint density at radius 2 is 0.875 bits per heavy atom. The number of aromatic nitrogens is 8. The molecule has 0 aliphatic carbocycles. The Bertz CT molecular complexity index is 4930. The van der Waals surface area contributed by atoms with Gasteiger partial charge in [-0.15, -0.1) is 0 Å². The maximum Gasteiger partial charge on any atom is 0.269 e. The summed E-state index contributed by atoms with van der Waals surface area (Å²) < 4.78 is 42.4. The van der Waals surface area contributed by atoms with Crippen molar-refractivity contribution >= 4 is 69.6 Å². The van der Waals surface area contributed by atoms with Crippen LogP contribution in [0.3, 0.4) is 0 Å². The van der Waals surface area contributed by atoms with Crippen molar-refractivity contribution in [1.29, 1.82) is 5.41 Å². The topological polar surface area (TPSA) is 333 Å². The molecule has 8 aromatic carbocycles. The SMILES string of the molecule is N=C(N)n1nc(-c2ccc(F)cc2)c(Cc2cccc(Cl)c2)c1N.Nc1c(Cc2cccc(Cl)c2)c(-c2ccc(F)cc2)nn1C1=NCCC1.O=c1[nH][nH]c(-c2ccc([N+](=O)[O-])cc2)c1Cc1ccc(F)cc1.O=c1[nH][nH]c(-c2ccc([N+](=O)[O-])cc2)c1Cc1cccc(Cl)c1. The standard InChI is InChI=1S/C20H18ClFN4.C17H15ClFN5.C16H12ClN3O3.C16H12FN3O3/c21-15-4-1-3-13(11-15)12-17-19(14-6-8-16(22)9-7-14)25-26(20(17)23)18-5-2-10-24-18;18-12-3-1-2-10(8-12)9-14-15(11-4-6-13(19)7-5-11)23-24(16(14)20)17(21)22;17-12-3-1-2-10(8-12)9-14-15(18-19-16(14)21)11-4-6-13(7-5-11)20(22)23;17-12-5-1-10(2-6-12)9-14-15(18-19-16(14)21)11-3-7-13(8-4-11)20(22)23/h1,3-4,6-9,11H,2,5,10,12,23H2;1-8H,9,20H2,(H3,21,22);2*1-8H,9H2,(H2,18,19,21). The van der Waals surface area contributed by atoms with Crippen LogP contribution in [0, 0.1) is 43.1 Å². The molecule has 27 heteroatoms. The van der Waals surface area contributed by atoms with Crippen molar-refractivity contribution in [3.8, 4) is 45.0 Å². The van der Waals surface area contributed by atoms with Crippen molar-refractivity contribution in [3.05, 3.63) is 312 Å². The first-order valence-electron chi connectivity index (χ1n) is 29.4. The Labute approximate surface area is 559 Å². The molecule has 0 spiro atoms. The summed E-state index contributed by atoms with van der Waals surface area (Å²) in [6.07, 6.45) is 3.64. The molecule has 0 unspecified atom stereocenters. The van der Waals surface area contributed by atoms with Crippen LogP contribution in [0.4, 0.5) is 36.2 Å². The van der Waals surface area contributed by atoms with Crippen LogP contribution in [-0.4, -0.2) is 68.1 Å². The number of nitrogens with zero attached hydrogens (tertiary/aromatic N) is 7. The number of halogens is 6. The molecule has 0 fully saturated rings. The third-order valence-electron chi connectivity index (χ3n) is 15.2. The molecule has 1 aliphatic rings. The molecule has 0 saturated carbocycles. The van der Waals surface area contributed by atoms with E-state index in [1.807, 2.05) is 54.6 Å². The highest BCUT2D eigenvalue weighted by molar-refractivity contribution is 6.31. The molecule has 0 atom stereocenters. The fraction of sp³-hybridized carbons (Fsp3) is 0.101. The Morgan fingerprint density at radius 1 is 0.500 bits per heavy atom. The molecule has 486 valence electrons. The number of non-ortho nitro benzene ring substituents is 2. The minimum Gasteiger partial charge on any atom is -0.383 e. The number of aliphatic imine (C=N–C) groups is 1. The fourth-order valence-electron chi connectivity index (χ4n) is 10.5. The van der Waals surface area contributed by atoms with Crippen molar-refractivity contribution in [2.24, 2.45) is 10.7 Å². The van der Waals surface area contributed by atoms with Crippen molar-refractivity contribution in [2.45, 2.75) is 38.5 Å². The van der Waals surface area contributed by atoms with Gasteiger partial charge in [0.1, 0.15) is 34.9 Å². The molecule has 21 nitrogen and oxygen atoms in total. The van der Waals surface area contributed by atoms with E-state index >= 15 is 0 Å². The van der Waals surface area contributed by atoms with Crippen LogP contribution in [-0.2, 0) is 25.7 Å². The molecule has 12 aromatic rings. The lowest BCUT2D eigenvalue weighted by molar-refractivity contribution is -0.385. The molecule has 96 heavy (non-hydrogen) atoms. The summed E-state index contributed by atoms with van der Waals surface area (Å²) in [5.41, 5.74) is 29.3. The van der Waals surface area contributed by atoms with Crippen LogP contribution in [0.1, 0.15) is 57.3 Å². The lowest BCUT2D eigenvalue weighted by atomic mass is 10.0. The van der Waals surface area contributed by atoms with E-state index in [2.05, 4.69) is 30.5 Å². The van der Waals surface area contributed by atoms with Gasteiger partial charge in [0.2, 0.25) is 5.96 Å². The number of aromatic amines is 4. The van der Waals surface area contributed by atoms with Crippen LogP contribution < -0.4 is 28.3 Å². The second kappa shape index (κ2) is 30.4. The normalized spacial score (nSPS) is 11.5. The van der Waals surface area contributed by atoms with E-state index in [1.165, 1.54) is 65.3 Å². The summed E-state index contributed by atoms with van der Waals surface area (Å²) in [7, 11) is 0. The number of hydrogen-bond donors (Lipinski definition) is 8. The number of nitrogens with one attached hydrogen (secondary N) is 5. The fourth-order valence-corrected chi connectivity index (χ4v) is 11.1. The molecule has 1 aliphatic heterocycles. The Balaban J connectivity index is 0.000000139. The molecular formula is C69H57Cl3F3N15O6. The van der Waals surface area contributed by atoms with Crippen molar-refractivity contribution in [1.82, 2.24) is 40.0 Å². The highest BCUT2D eigenvalue weighted by Crippen LogP contribution is 2.34. The summed E-state index contributed by atoms with van der Waals surface area (Å²) in [5, 5.41) is 50.7. The summed E-state index contributed by atoms with van der Waals surface area (Å²) in [6, 6.07) is 52.4. The van der Waals surface area contributed by atoms with Gasteiger partial charge in [0.15, 0.2) is 0 Å². The average Bonchev–Trinajstić information content (AvgIpc) is 1.65. The van der Waals surface area contributed by atoms with E-state index in [9.17, 15) is 43.0 Å². The number of benzene rings is 8. The highest BCUT2D eigenvalue weighted by Gasteiger charge is 2.24. The predicted molar refractivity (Wildman–Crippen MR) is 367 cm³/mol. The second-order valence-electron chi connectivity index (χ2n) is 21.7. The summed E-state index contributed by atoms with van der Waals surface area (Å²) in [4.78, 5) is 49.0. The van der Waals surface area contributed by atoms with Crippen LogP contribution in [0.15, 0.2) is 209 Å². The predicted octanol–water partition coefficient (Wildman–Crippen LogP) is 14.3. The third-order valence-corrected chi connectivity index (χ3v) is 15.9. The van der Waals surface area contributed by atoms with E-state index < -0.39 is 9.85 Å². The second-order valence-corrected chi connectivity index (χ2v) is 23.1. The maximum absolute atomic E-state index is 13.3. The van der Waals surface area contributed by atoms with Crippen LogP contribution in [0.5, 0.6) is 0 Å². The van der Waals surface area contributed by atoms with Gasteiger partial charge in [-0.05, 0) is 150 Å². The van der Waals surface area contributed by atoms with Gasteiger partial charge in [-0.3, -0.25) is 60.6 Å². The number of nitro benzene ring substituents is 2. The molecule has 11 N–H and O–H groups in total. The number of H-pyrrole nitrogens is 4. The van der Waals surface area contributed by atoms with Gasteiger partial charge in [-0.25, -0.2) is 17.9 Å². The monoisotopic (exact) mass is 1350 g/mol. The number of hydrogen-bond acceptors (Lipinski definition) is 12. The van der Waals surface area contributed by atoms with E-state index in [1.54, 1.807) is 83.5 Å². The summed E-state index contributed by atoms with van der Waals surface area (Å²) >= 11 is 18.1. The summed E-state index contributed by atoms with van der Waals surface area (Å²) in [5.74, 6) is 0.488. The molecule has 0 radical (unpaired) electrons. The van der Waals surface area contributed by atoms with E-state index in [4.69, 9.17) is 62.5 Å². The van der Waals surface area contributed by atoms with Gasteiger partial charge in [0.05, 0.1) is 32.6 Å². The number of nitrogen functional groups attached to an aromatic ring is 3. The van der Waals surface area contributed by atoms with Gasteiger partial charge < -0.3 is 17.2 Å². The van der Waals surface area contributed by atoms with Crippen molar-refractivity contribution in [3.63, 3.8) is 0 Å². The number of nitro groups is 2. The Morgan fingerprint density at radius 3 is 1.26 bits per heavy atom. The van der Waals surface area contributed by atoms with Gasteiger partial charge in [0, 0.05) is 122 Å². The molecule has 13 rings (SSSR count). The van der Waals surface area contributed by atoms with E-state index in [0.29, 0.717) is 97.0 Å². The zero-order chi connectivity index (χ0) is 68.2. The lowest BCUT2D eigenvalue weighted by Gasteiger charge is -2.06. The summed E-state index contributed by atoms with van der Waals surface area (Å²) in [6.45, 7) is 0.796. The van der Waals surface area contributed by atoms with Crippen LogP contribution in [0.2, 0.25) is 15.1 Å². The van der Waals surface area contributed by atoms with E-state index in [-0.39, 0.29) is 51.7 Å². The van der Waals surface area contributed by atoms with Gasteiger partial charge >= 0.3 is 0 Å². The molecule has 0 bridgehead atoms. The van der Waals surface area contributed by atoms with E-state index in [0.717, 1.165) is 64.3 Å². The molecule has 5 heterocycles. The van der Waals surface area contributed by atoms with Gasteiger partial charge in [-0.1, -0.05) is 83.3 Å². The Hall–Kier alpha value is -11.6. The first-order valence-corrected chi connectivity index (χ1v) is 30.5. The minimum atomic E-state index is -0.483.